The summed E-state index contributed by atoms with van der Waals surface area (Å²) in [4.78, 5) is 11.1. The average Bonchev–Trinajstić information content (AvgIpc) is 3.39. The fourth-order valence-electron chi connectivity index (χ4n) is 2.72. The van der Waals surface area contributed by atoms with Crippen molar-refractivity contribution in [3.8, 4) is 5.75 Å². The van der Waals surface area contributed by atoms with Crippen LogP contribution >= 0.6 is 0 Å². The monoisotopic (exact) mass is 350 g/mol. The molecule has 2 aliphatic heterocycles. The van der Waals surface area contributed by atoms with E-state index in [1.165, 1.54) is 13.2 Å². The quantitative estimate of drug-likeness (QED) is 0.471. The minimum Gasteiger partial charge on any atom is -0.497 e. The van der Waals surface area contributed by atoms with Crippen molar-refractivity contribution in [1.82, 2.24) is 0 Å². The zero-order valence-electron chi connectivity index (χ0n) is 14.2. The zero-order valence-corrected chi connectivity index (χ0v) is 14.2. The van der Waals surface area contributed by atoms with E-state index < -0.39 is 24.5 Å². The minimum absolute atomic E-state index is 0.0878. The van der Waals surface area contributed by atoms with Crippen LogP contribution in [-0.4, -0.2) is 56.3 Å². The third kappa shape index (κ3) is 4.58. The summed E-state index contributed by atoms with van der Waals surface area (Å²) in [5.74, 6) is 0.332. The number of rotatable bonds is 6. The first-order chi connectivity index (χ1) is 12.1. The summed E-state index contributed by atoms with van der Waals surface area (Å²) in [7, 11) is 2.93. The fourth-order valence-corrected chi connectivity index (χ4v) is 2.72. The fraction of sp³-hybridized carbons (Fsp3) is 0.500. The predicted molar refractivity (Wildman–Crippen MR) is 87.0 cm³/mol. The first kappa shape index (κ1) is 17.9. The molecule has 2 heterocycles. The summed E-state index contributed by atoms with van der Waals surface area (Å²) < 4.78 is 26.6. The number of methoxy groups -OCH3 is 2. The number of hydrogen-bond donors (Lipinski definition) is 1. The van der Waals surface area contributed by atoms with Crippen LogP contribution in [0.2, 0.25) is 0 Å². The summed E-state index contributed by atoms with van der Waals surface area (Å²) in [6.45, 7) is 0.191. The maximum Gasteiger partial charge on any atom is 0.330 e. The number of aliphatic hydroxyl groups is 1. The Balaban J connectivity index is 1.54. The van der Waals surface area contributed by atoms with E-state index in [0.717, 1.165) is 11.3 Å². The topological polar surface area (TPSA) is 86.8 Å². The molecule has 2 fully saturated rings. The number of benzene rings is 1. The van der Waals surface area contributed by atoms with Gasteiger partial charge >= 0.3 is 5.97 Å². The van der Waals surface area contributed by atoms with Gasteiger partial charge in [0.15, 0.2) is 6.29 Å². The standard InChI is InChI=1S/C18H22O7/c1-21-12-5-3-11(4-6-12)18-23-10-13(19)15(25-18)9-16-14(24-16)7-8-17(20)22-2/h3-8,13-16,18-19H,9-10H2,1-2H3/b8-7+/t13-,14-,15+,16-,18-/m1/s1. The lowest BCUT2D eigenvalue weighted by Gasteiger charge is -2.34. The van der Waals surface area contributed by atoms with Crippen LogP contribution in [0, 0.1) is 0 Å². The highest BCUT2D eigenvalue weighted by Crippen LogP contribution is 2.34. The Bertz CT molecular complexity index is 612. The zero-order chi connectivity index (χ0) is 17.8. The Labute approximate surface area is 146 Å². The highest BCUT2D eigenvalue weighted by atomic mass is 16.7. The first-order valence-corrected chi connectivity index (χ1v) is 8.11. The van der Waals surface area contributed by atoms with Gasteiger partial charge in [-0.3, -0.25) is 0 Å². The molecule has 2 saturated heterocycles. The molecule has 0 radical (unpaired) electrons. The minimum atomic E-state index is -0.719. The van der Waals surface area contributed by atoms with Crippen LogP contribution in [-0.2, 0) is 23.7 Å². The number of aliphatic hydroxyl groups excluding tert-OH is 1. The molecule has 0 unspecified atom stereocenters. The van der Waals surface area contributed by atoms with Crippen molar-refractivity contribution in [3.63, 3.8) is 0 Å². The van der Waals surface area contributed by atoms with Gasteiger partial charge in [-0.1, -0.05) is 12.1 Å². The second-order valence-electron chi connectivity index (χ2n) is 5.94. The molecule has 136 valence electrons. The van der Waals surface area contributed by atoms with Crippen molar-refractivity contribution in [3.05, 3.63) is 42.0 Å². The molecule has 1 N–H and O–H groups in total. The van der Waals surface area contributed by atoms with Gasteiger partial charge in [0.1, 0.15) is 18.0 Å². The van der Waals surface area contributed by atoms with Gasteiger partial charge < -0.3 is 28.8 Å². The van der Waals surface area contributed by atoms with Gasteiger partial charge in [0.25, 0.3) is 0 Å². The highest BCUT2D eigenvalue weighted by molar-refractivity contribution is 5.81. The predicted octanol–water partition coefficient (Wildman–Crippen LogP) is 1.36. The van der Waals surface area contributed by atoms with Gasteiger partial charge in [-0.05, 0) is 18.2 Å². The molecule has 7 heteroatoms. The molecule has 25 heavy (non-hydrogen) atoms. The molecule has 0 saturated carbocycles. The lowest BCUT2D eigenvalue weighted by atomic mass is 10.1. The third-order valence-electron chi connectivity index (χ3n) is 4.24. The molecule has 7 nitrogen and oxygen atoms in total. The first-order valence-electron chi connectivity index (χ1n) is 8.11. The van der Waals surface area contributed by atoms with Gasteiger partial charge in [0.2, 0.25) is 0 Å². The highest BCUT2D eigenvalue weighted by Gasteiger charge is 2.42. The molecule has 1 aromatic rings. The Morgan fingerprint density at radius 3 is 2.68 bits per heavy atom. The SMILES string of the molecule is COC(=O)/C=C/[C@H]1O[C@@H]1C[C@@H]1O[C@H](c2ccc(OC)cc2)OC[C@H]1O. The van der Waals surface area contributed by atoms with E-state index in [9.17, 15) is 9.90 Å². The van der Waals surface area contributed by atoms with Crippen molar-refractivity contribution < 1.29 is 33.6 Å². The second-order valence-corrected chi connectivity index (χ2v) is 5.94. The Morgan fingerprint density at radius 1 is 1.24 bits per heavy atom. The molecule has 0 bridgehead atoms. The number of carbonyl (C=O) groups excluding carboxylic acids is 1. The van der Waals surface area contributed by atoms with Gasteiger partial charge in [-0.15, -0.1) is 0 Å². The van der Waals surface area contributed by atoms with Crippen molar-refractivity contribution in [2.75, 3.05) is 20.8 Å². The molecule has 0 spiro atoms. The van der Waals surface area contributed by atoms with E-state index in [0.29, 0.717) is 6.42 Å². The summed E-state index contributed by atoms with van der Waals surface area (Å²) in [6, 6.07) is 7.40. The third-order valence-corrected chi connectivity index (χ3v) is 4.24. The maximum absolute atomic E-state index is 11.1. The largest absolute Gasteiger partial charge is 0.497 e. The molecular weight excluding hydrogens is 328 g/mol. The van der Waals surface area contributed by atoms with Crippen molar-refractivity contribution in [2.45, 2.75) is 37.1 Å². The van der Waals surface area contributed by atoms with Crippen molar-refractivity contribution in [1.29, 1.82) is 0 Å². The normalized spacial score (nSPS) is 31.7. The number of ether oxygens (including phenoxy) is 5. The second kappa shape index (κ2) is 7.97. The van der Waals surface area contributed by atoms with Crippen LogP contribution in [0.5, 0.6) is 5.75 Å². The lowest BCUT2D eigenvalue weighted by molar-refractivity contribution is -0.258. The number of hydrogen-bond acceptors (Lipinski definition) is 7. The molecule has 0 aromatic heterocycles. The summed E-state index contributed by atoms with van der Waals surface area (Å²) >= 11 is 0. The summed E-state index contributed by atoms with van der Waals surface area (Å²) in [6.07, 6.45) is 1.61. The van der Waals surface area contributed by atoms with Gasteiger partial charge in [0, 0.05) is 18.1 Å². The number of epoxide rings is 1. The van der Waals surface area contributed by atoms with Gasteiger partial charge in [-0.2, -0.15) is 0 Å². The summed E-state index contributed by atoms with van der Waals surface area (Å²) in [5, 5.41) is 10.1. The van der Waals surface area contributed by atoms with Crippen LogP contribution < -0.4 is 4.74 Å². The van der Waals surface area contributed by atoms with E-state index >= 15 is 0 Å². The summed E-state index contributed by atoms with van der Waals surface area (Å²) in [5.41, 5.74) is 0.858. The Morgan fingerprint density at radius 2 is 2.00 bits per heavy atom. The average molecular weight is 350 g/mol. The molecule has 0 amide bonds. The van der Waals surface area contributed by atoms with E-state index in [4.69, 9.17) is 18.9 Å². The number of carbonyl (C=O) groups is 1. The lowest BCUT2D eigenvalue weighted by Crippen LogP contribution is -2.41. The van der Waals surface area contributed by atoms with E-state index in [1.54, 1.807) is 13.2 Å². The van der Waals surface area contributed by atoms with E-state index in [1.807, 2.05) is 24.3 Å². The molecule has 1 aromatic carbocycles. The maximum atomic E-state index is 11.1. The molecule has 5 atom stereocenters. The molecule has 2 aliphatic rings. The van der Waals surface area contributed by atoms with Crippen LogP contribution in [0.25, 0.3) is 0 Å². The van der Waals surface area contributed by atoms with Crippen LogP contribution in [0.3, 0.4) is 0 Å². The van der Waals surface area contributed by atoms with E-state index in [-0.39, 0.29) is 18.8 Å². The number of esters is 1. The molecule has 3 rings (SSSR count). The van der Waals surface area contributed by atoms with Crippen LogP contribution in [0.1, 0.15) is 18.3 Å². The Hall–Kier alpha value is -1.93. The molecular formula is C18H22O7. The van der Waals surface area contributed by atoms with Gasteiger partial charge in [-0.25, -0.2) is 4.79 Å². The smallest absolute Gasteiger partial charge is 0.330 e. The van der Waals surface area contributed by atoms with Crippen molar-refractivity contribution >= 4 is 5.97 Å². The van der Waals surface area contributed by atoms with Gasteiger partial charge in [0.05, 0.1) is 33.0 Å². The van der Waals surface area contributed by atoms with Crippen molar-refractivity contribution in [2.24, 2.45) is 0 Å². The van der Waals surface area contributed by atoms with Crippen LogP contribution in [0.15, 0.2) is 36.4 Å². The van der Waals surface area contributed by atoms with E-state index in [2.05, 4.69) is 4.74 Å². The van der Waals surface area contributed by atoms with Crippen LogP contribution in [0.4, 0.5) is 0 Å². The molecule has 0 aliphatic carbocycles. The Kier molecular flexibility index (Phi) is 5.70.